The Hall–Kier alpha value is -1.77. The summed E-state index contributed by atoms with van der Waals surface area (Å²) < 4.78 is 0. The Balaban J connectivity index is 1.71. The molecule has 3 heteroatoms. The van der Waals surface area contributed by atoms with Gasteiger partial charge in [-0.25, -0.2) is 4.98 Å². The minimum atomic E-state index is 0.941. The quantitative estimate of drug-likeness (QED) is 0.897. The van der Waals surface area contributed by atoms with E-state index in [1.54, 1.807) is 0 Å². The number of H-pyrrole nitrogens is 1. The standard InChI is InChI=1S/C17H23N3/c1-2-3-10-17-18-12-15(19-17)13-20-11-6-8-14-7-4-5-9-16(14)20/h4-5,7,9,12H,2-3,6,8,10-11,13H2,1H3,(H,18,19). The first-order valence-corrected chi connectivity index (χ1v) is 7.72. The van der Waals surface area contributed by atoms with Crippen LogP contribution < -0.4 is 4.90 Å². The molecule has 0 saturated carbocycles. The number of nitrogens with one attached hydrogen (secondary N) is 1. The van der Waals surface area contributed by atoms with Gasteiger partial charge in [0.2, 0.25) is 0 Å². The number of aryl methyl sites for hydroxylation is 2. The van der Waals surface area contributed by atoms with E-state index in [2.05, 4.69) is 46.1 Å². The SMILES string of the molecule is CCCCc1ncc(CN2CCCc3ccccc32)[nH]1. The number of aromatic amines is 1. The van der Waals surface area contributed by atoms with Gasteiger partial charge in [0, 0.05) is 18.7 Å². The Morgan fingerprint density at radius 2 is 2.20 bits per heavy atom. The molecule has 1 aliphatic heterocycles. The number of aromatic nitrogens is 2. The summed E-state index contributed by atoms with van der Waals surface area (Å²) in [7, 11) is 0. The average Bonchev–Trinajstić information content (AvgIpc) is 2.93. The zero-order valence-electron chi connectivity index (χ0n) is 12.2. The highest BCUT2D eigenvalue weighted by Gasteiger charge is 2.16. The monoisotopic (exact) mass is 269 g/mol. The molecular weight excluding hydrogens is 246 g/mol. The van der Waals surface area contributed by atoms with Gasteiger partial charge in [-0.3, -0.25) is 0 Å². The van der Waals surface area contributed by atoms with Gasteiger partial charge in [-0.1, -0.05) is 31.5 Å². The summed E-state index contributed by atoms with van der Waals surface area (Å²) in [4.78, 5) is 10.4. The lowest BCUT2D eigenvalue weighted by Crippen LogP contribution is -2.28. The van der Waals surface area contributed by atoms with Crippen LogP contribution in [0.4, 0.5) is 5.69 Å². The van der Waals surface area contributed by atoms with Crippen molar-refractivity contribution in [3.63, 3.8) is 0 Å². The predicted octanol–water partition coefficient (Wildman–Crippen LogP) is 3.71. The van der Waals surface area contributed by atoms with E-state index in [0.717, 1.165) is 25.3 Å². The number of nitrogens with zero attached hydrogens (tertiary/aromatic N) is 2. The number of anilines is 1. The summed E-state index contributed by atoms with van der Waals surface area (Å²) in [5.41, 5.74) is 4.10. The molecule has 0 saturated heterocycles. The lowest BCUT2D eigenvalue weighted by atomic mass is 10.0. The molecule has 0 unspecified atom stereocenters. The van der Waals surface area contributed by atoms with Crippen LogP contribution in [0.2, 0.25) is 0 Å². The first-order chi connectivity index (χ1) is 9.86. The maximum atomic E-state index is 4.49. The first kappa shape index (κ1) is 13.2. The summed E-state index contributed by atoms with van der Waals surface area (Å²) in [6.07, 6.45) is 7.94. The van der Waals surface area contributed by atoms with Crippen LogP contribution in [0.1, 0.15) is 43.3 Å². The second kappa shape index (κ2) is 6.12. The van der Waals surface area contributed by atoms with Gasteiger partial charge in [-0.2, -0.15) is 0 Å². The Morgan fingerprint density at radius 3 is 3.10 bits per heavy atom. The molecule has 2 heterocycles. The maximum Gasteiger partial charge on any atom is 0.106 e. The number of rotatable bonds is 5. The molecule has 3 nitrogen and oxygen atoms in total. The van der Waals surface area contributed by atoms with Crippen molar-refractivity contribution in [2.45, 2.75) is 45.6 Å². The largest absolute Gasteiger partial charge is 0.365 e. The van der Waals surface area contributed by atoms with E-state index in [-0.39, 0.29) is 0 Å². The zero-order valence-corrected chi connectivity index (χ0v) is 12.2. The maximum absolute atomic E-state index is 4.49. The molecule has 20 heavy (non-hydrogen) atoms. The van der Waals surface area contributed by atoms with Crippen molar-refractivity contribution in [2.75, 3.05) is 11.4 Å². The fraction of sp³-hybridized carbons (Fsp3) is 0.471. The van der Waals surface area contributed by atoms with Crippen LogP contribution in [-0.2, 0) is 19.4 Å². The van der Waals surface area contributed by atoms with E-state index in [1.165, 1.54) is 42.6 Å². The molecule has 0 bridgehead atoms. The molecule has 0 amide bonds. The molecule has 0 spiro atoms. The second-order valence-electron chi connectivity index (χ2n) is 5.61. The van der Waals surface area contributed by atoms with E-state index in [0.29, 0.717) is 0 Å². The molecule has 3 rings (SSSR count). The van der Waals surface area contributed by atoms with Gasteiger partial charge in [0.05, 0.1) is 18.4 Å². The molecule has 2 aromatic rings. The Bertz CT molecular complexity index is 559. The normalized spacial score (nSPS) is 14.3. The van der Waals surface area contributed by atoms with E-state index >= 15 is 0 Å². The summed E-state index contributed by atoms with van der Waals surface area (Å²) in [5, 5.41) is 0. The molecule has 0 radical (unpaired) electrons. The highest BCUT2D eigenvalue weighted by molar-refractivity contribution is 5.55. The average molecular weight is 269 g/mol. The van der Waals surface area contributed by atoms with E-state index in [4.69, 9.17) is 0 Å². The van der Waals surface area contributed by atoms with Crippen molar-refractivity contribution in [2.24, 2.45) is 0 Å². The smallest absolute Gasteiger partial charge is 0.106 e. The molecular formula is C17H23N3. The van der Waals surface area contributed by atoms with Crippen LogP contribution in [0.25, 0.3) is 0 Å². The molecule has 0 aliphatic carbocycles. The van der Waals surface area contributed by atoms with Gasteiger partial charge >= 0.3 is 0 Å². The number of benzene rings is 1. The van der Waals surface area contributed by atoms with Crippen LogP contribution in [0, 0.1) is 0 Å². The molecule has 0 atom stereocenters. The summed E-state index contributed by atoms with van der Waals surface area (Å²) in [5.74, 6) is 1.13. The van der Waals surface area contributed by atoms with Crippen LogP contribution in [-0.4, -0.2) is 16.5 Å². The molecule has 1 aromatic heterocycles. The molecule has 1 aliphatic rings. The van der Waals surface area contributed by atoms with Crippen LogP contribution in [0.3, 0.4) is 0 Å². The second-order valence-corrected chi connectivity index (χ2v) is 5.61. The summed E-state index contributed by atoms with van der Waals surface area (Å²) >= 11 is 0. The zero-order chi connectivity index (χ0) is 13.8. The van der Waals surface area contributed by atoms with Crippen molar-refractivity contribution in [1.82, 2.24) is 9.97 Å². The predicted molar refractivity (Wildman–Crippen MR) is 83.0 cm³/mol. The van der Waals surface area contributed by atoms with Gasteiger partial charge < -0.3 is 9.88 Å². The third kappa shape index (κ3) is 2.87. The highest BCUT2D eigenvalue weighted by atomic mass is 15.1. The number of hydrogen-bond donors (Lipinski definition) is 1. The number of para-hydroxylation sites is 1. The van der Waals surface area contributed by atoms with Crippen molar-refractivity contribution in [3.8, 4) is 0 Å². The van der Waals surface area contributed by atoms with Gasteiger partial charge in [-0.15, -0.1) is 0 Å². The summed E-state index contributed by atoms with van der Waals surface area (Å²) in [6.45, 7) is 4.30. The fourth-order valence-corrected chi connectivity index (χ4v) is 2.94. The van der Waals surface area contributed by atoms with E-state index in [9.17, 15) is 0 Å². The van der Waals surface area contributed by atoms with Crippen LogP contribution >= 0.6 is 0 Å². The topological polar surface area (TPSA) is 31.9 Å². The van der Waals surface area contributed by atoms with Gasteiger partial charge in [0.1, 0.15) is 5.82 Å². The third-order valence-electron chi connectivity index (χ3n) is 4.02. The first-order valence-electron chi connectivity index (χ1n) is 7.72. The van der Waals surface area contributed by atoms with Crippen LogP contribution in [0.5, 0.6) is 0 Å². The van der Waals surface area contributed by atoms with Crippen molar-refractivity contribution in [3.05, 3.63) is 47.5 Å². The van der Waals surface area contributed by atoms with Crippen LogP contribution in [0.15, 0.2) is 30.5 Å². The van der Waals surface area contributed by atoms with Crippen molar-refractivity contribution in [1.29, 1.82) is 0 Å². The lowest BCUT2D eigenvalue weighted by molar-refractivity contribution is 0.683. The van der Waals surface area contributed by atoms with Crippen molar-refractivity contribution >= 4 is 5.69 Å². The molecule has 106 valence electrons. The van der Waals surface area contributed by atoms with Gasteiger partial charge in [-0.05, 0) is 30.9 Å². The highest BCUT2D eigenvalue weighted by Crippen LogP contribution is 2.27. The summed E-state index contributed by atoms with van der Waals surface area (Å²) in [6, 6.07) is 8.77. The number of unbranched alkanes of at least 4 members (excludes halogenated alkanes) is 1. The minimum absolute atomic E-state index is 0.941. The number of fused-ring (bicyclic) bond motifs is 1. The van der Waals surface area contributed by atoms with Gasteiger partial charge in [0.15, 0.2) is 0 Å². The lowest BCUT2D eigenvalue weighted by Gasteiger charge is -2.30. The Kier molecular flexibility index (Phi) is 4.05. The molecule has 0 fully saturated rings. The fourth-order valence-electron chi connectivity index (χ4n) is 2.94. The van der Waals surface area contributed by atoms with Gasteiger partial charge in [0.25, 0.3) is 0 Å². The number of hydrogen-bond acceptors (Lipinski definition) is 2. The Morgan fingerprint density at radius 1 is 1.30 bits per heavy atom. The number of imidazole rings is 1. The minimum Gasteiger partial charge on any atom is -0.365 e. The van der Waals surface area contributed by atoms with E-state index in [1.807, 2.05) is 6.20 Å². The van der Waals surface area contributed by atoms with E-state index < -0.39 is 0 Å². The van der Waals surface area contributed by atoms with Crippen molar-refractivity contribution < 1.29 is 0 Å². The molecule has 1 aromatic carbocycles. The third-order valence-corrected chi connectivity index (χ3v) is 4.02. The molecule has 1 N–H and O–H groups in total. The Labute approximate surface area is 121 Å².